The van der Waals surface area contributed by atoms with Crippen LogP contribution in [0.1, 0.15) is 44.2 Å². The van der Waals surface area contributed by atoms with Gasteiger partial charge >= 0.3 is 0 Å². The van der Waals surface area contributed by atoms with Gasteiger partial charge in [-0.2, -0.15) is 0 Å². The molecule has 6 nitrogen and oxygen atoms in total. The van der Waals surface area contributed by atoms with Gasteiger partial charge in [-0.3, -0.25) is 14.3 Å². The lowest BCUT2D eigenvalue weighted by Crippen LogP contribution is -2.28. The fraction of sp³-hybridized carbons (Fsp3) is 0.417. The molecule has 3 aromatic rings. The summed E-state index contributed by atoms with van der Waals surface area (Å²) in [6, 6.07) is 14.5. The largest absolute Gasteiger partial charge is 0.355 e. The van der Waals surface area contributed by atoms with Gasteiger partial charge in [0.2, 0.25) is 5.91 Å². The Morgan fingerprint density at radius 3 is 2.74 bits per heavy atom. The SMILES string of the molecule is C[C@@H]1CCCC[C@H]1n1c(SCC(=O)NCCc2ccccc2)nnc1-c1cccnc1. The standard InChI is InChI=1S/C24H29N5OS/c1-18-8-5-6-12-21(18)29-23(20-11-7-14-25-16-20)27-28-24(29)31-17-22(30)26-15-13-19-9-3-2-4-10-19/h2-4,7,9-11,14,16,18,21H,5-6,8,12-13,15,17H2,1H3,(H,26,30)/t18-,21-/m1/s1. The molecule has 0 spiro atoms. The van der Waals surface area contributed by atoms with Crippen LogP contribution < -0.4 is 5.32 Å². The number of nitrogens with one attached hydrogen (secondary N) is 1. The van der Waals surface area contributed by atoms with E-state index in [9.17, 15) is 4.79 Å². The molecule has 1 amide bonds. The number of aromatic nitrogens is 4. The molecule has 0 aliphatic heterocycles. The summed E-state index contributed by atoms with van der Waals surface area (Å²) in [6.45, 7) is 2.94. The Hall–Kier alpha value is -2.67. The highest BCUT2D eigenvalue weighted by Gasteiger charge is 2.28. The summed E-state index contributed by atoms with van der Waals surface area (Å²) in [5, 5.41) is 12.8. The highest BCUT2D eigenvalue weighted by Crippen LogP contribution is 2.38. The lowest BCUT2D eigenvalue weighted by atomic mass is 9.85. The van der Waals surface area contributed by atoms with Gasteiger partial charge in [-0.25, -0.2) is 0 Å². The van der Waals surface area contributed by atoms with Crippen molar-refractivity contribution in [3.63, 3.8) is 0 Å². The Balaban J connectivity index is 1.43. The predicted molar refractivity (Wildman–Crippen MR) is 124 cm³/mol. The molecule has 0 unspecified atom stereocenters. The number of carbonyl (C=O) groups excluding carboxylic acids is 1. The zero-order chi connectivity index (χ0) is 21.5. The molecule has 1 N–H and O–H groups in total. The zero-order valence-corrected chi connectivity index (χ0v) is 18.7. The third-order valence-corrected chi connectivity index (χ3v) is 6.84. The van der Waals surface area contributed by atoms with Crippen LogP contribution in [0.2, 0.25) is 0 Å². The van der Waals surface area contributed by atoms with E-state index in [0.29, 0.717) is 24.3 Å². The number of hydrogen-bond donors (Lipinski definition) is 1. The molecule has 7 heteroatoms. The van der Waals surface area contributed by atoms with Crippen molar-refractivity contribution in [2.24, 2.45) is 5.92 Å². The van der Waals surface area contributed by atoms with Crippen molar-refractivity contribution in [1.29, 1.82) is 0 Å². The lowest BCUT2D eigenvalue weighted by Gasteiger charge is -2.31. The summed E-state index contributed by atoms with van der Waals surface area (Å²) in [6.07, 6.45) is 9.24. The zero-order valence-electron chi connectivity index (χ0n) is 17.9. The van der Waals surface area contributed by atoms with E-state index in [0.717, 1.165) is 29.4 Å². The molecule has 0 radical (unpaired) electrons. The Bertz CT molecular complexity index is 976. The molecule has 2 atom stereocenters. The van der Waals surface area contributed by atoms with Gasteiger partial charge in [-0.1, -0.05) is 61.9 Å². The van der Waals surface area contributed by atoms with Crippen LogP contribution in [-0.4, -0.2) is 38.0 Å². The molecule has 2 aromatic heterocycles. The van der Waals surface area contributed by atoms with Crippen LogP contribution in [0.25, 0.3) is 11.4 Å². The number of benzene rings is 1. The lowest BCUT2D eigenvalue weighted by molar-refractivity contribution is -0.118. The van der Waals surface area contributed by atoms with Crippen molar-refractivity contribution in [2.75, 3.05) is 12.3 Å². The number of nitrogens with zero attached hydrogens (tertiary/aromatic N) is 4. The predicted octanol–water partition coefficient (Wildman–Crippen LogP) is 4.54. The topological polar surface area (TPSA) is 72.7 Å². The van der Waals surface area contributed by atoms with Crippen molar-refractivity contribution < 1.29 is 4.79 Å². The third kappa shape index (κ3) is 5.53. The number of thioether (sulfide) groups is 1. The molecule has 1 aliphatic carbocycles. The summed E-state index contributed by atoms with van der Waals surface area (Å²) in [5.41, 5.74) is 2.19. The fourth-order valence-electron chi connectivity index (χ4n) is 4.22. The summed E-state index contributed by atoms with van der Waals surface area (Å²) >= 11 is 1.47. The average Bonchev–Trinajstić information content (AvgIpc) is 3.23. The first-order valence-corrected chi connectivity index (χ1v) is 12.0. The average molecular weight is 436 g/mol. The monoisotopic (exact) mass is 435 g/mol. The molecule has 2 heterocycles. The van der Waals surface area contributed by atoms with Crippen LogP contribution in [0.3, 0.4) is 0 Å². The second kappa shape index (κ2) is 10.6. The molecule has 1 aromatic carbocycles. The Morgan fingerprint density at radius 1 is 1.13 bits per heavy atom. The molecule has 162 valence electrons. The van der Waals surface area contributed by atoms with Crippen molar-refractivity contribution in [3.05, 3.63) is 60.4 Å². The maximum Gasteiger partial charge on any atom is 0.230 e. The summed E-state index contributed by atoms with van der Waals surface area (Å²) < 4.78 is 2.25. The van der Waals surface area contributed by atoms with Crippen molar-refractivity contribution in [2.45, 2.75) is 50.2 Å². The van der Waals surface area contributed by atoms with Crippen LogP contribution in [0.5, 0.6) is 0 Å². The van der Waals surface area contributed by atoms with Gasteiger partial charge in [0.15, 0.2) is 11.0 Å². The molecule has 0 saturated heterocycles. The van der Waals surface area contributed by atoms with E-state index in [1.165, 1.54) is 36.6 Å². The number of pyridine rings is 1. The summed E-state index contributed by atoms with van der Waals surface area (Å²) in [7, 11) is 0. The van der Waals surface area contributed by atoms with Gasteiger partial charge in [0.05, 0.1) is 5.75 Å². The number of rotatable bonds is 8. The molecule has 1 fully saturated rings. The van der Waals surface area contributed by atoms with E-state index >= 15 is 0 Å². The van der Waals surface area contributed by atoms with E-state index in [1.807, 2.05) is 36.5 Å². The van der Waals surface area contributed by atoms with Crippen LogP contribution in [-0.2, 0) is 11.2 Å². The van der Waals surface area contributed by atoms with E-state index < -0.39 is 0 Å². The van der Waals surface area contributed by atoms with Gasteiger partial charge in [0.1, 0.15) is 0 Å². The highest BCUT2D eigenvalue weighted by molar-refractivity contribution is 7.99. The second-order valence-corrected chi connectivity index (χ2v) is 9.06. The maximum absolute atomic E-state index is 12.4. The van der Waals surface area contributed by atoms with E-state index in [4.69, 9.17) is 0 Å². The molecule has 1 saturated carbocycles. The fourth-order valence-corrected chi connectivity index (χ4v) is 5.04. The van der Waals surface area contributed by atoms with Crippen LogP contribution >= 0.6 is 11.8 Å². The third-order valence-electron chi connectivity index (χ3n) is 5.89. The number of hydrogen-bond acceptors (Lipinski definition) is 5. The quantitative estimate of drug-likeness (QED) is 0.526. The van der Waals surface area contributed by atoms with Gasteiger partial charge in [0.25, 0.3) is 0 Å². The molecular formula is C24H29N5OS. The number of carbonyl (C=O) groups is 1. The molecule has 0 bridgehead atoms. The van der Waals surface area contributed by atoms with E-state index in [1.54, 1.807) is 6.20 Å². The minimum atomic E-state index is 0.0232. The van der Waals surface area contributed by atoms with Crippen LogP contribution in [0, 0.1) is 5.92 Å². The minimum absolute atomic E-state index is 0.0232. The smallest absolute Gasteiger partial charge is 0.230 e. The van der Waals surface area contributed by atoms with Gasteiger partial charge in [-0.15, -0.1) is 10.2 Å². The molecular weight excluding hydrogens is 406 g/mol. The van der Waals surface area contributed by atoms with Gasteiger partial charge < -0.3 is 5.32 Å². The Kier molecular flexibility index (Phi) is 7.35. The van der Waals surface area contributed by atoms with Crippen molar-refractivity contribution in [1.82, 2.24) is 25.1 Å². The first-order valence-electron chi connectivity index (χ1n) is 11.0. The first-order chi connectivity index (χ1) is 15.2. The van der Waals surface area contributed by atoms with Crippen LogP contribution in [0.15, 0.2) is 60.0 Å². The Labute approximate surface area is 187 Å². The molecule has 4 rings (SSSR count). The van der Waals surface area contributed by atoms with E-state index in [-0.39, 0.29) is 5.91 Å². The normalized spacial score (nSPS) is 18.6. The minimum Gasteiger partial charge on any atom is -0.355 e. The molecule has 31 heavy (non-hydrogen) atoms. The van der Waals surface area contributed by atoms with Crippen molar-refractivity contribution in [3.8, 4) is 11.4 Å². The maximum atomic E-state index is 12.4. The Morgan fingerprint density at radius 2 is 1.97 bits per heavy atom. The second-order valence-electron chi connectivity index (χ2n) is 8.12. The molecule has 1 aliphatic rings. The van der Waals surface area contributed by atoms with Crippen molar-refractivity contribution >= 4 is 17.7 Å². The summed E-state index contributed by atoms with van der Waals surface area (Å²) in [4.78, 5) is 16.7. The van der Waals surface area contributed by atoms with Gasteiger partial charge in [-0.05, 0) is 42.9 Å². The highest BCUT2D eigenvalue weighted by atomic mass is 32.2. The first kappa shape index (κ1) is 21.6. The van der Waals surface area contributed by atoms with Crippen LogP contribution in [0.4, 0.5) is 0 Å². The summed E-state index contributed by atoms with van der Waals surface area (Å²) in [5.74, 6) is 1.76. The van der Waals surface area contributed by atoms with Gasteiger partial charge in [0, 0.05) is 30.5 Å². The van der Waals surface area contributed by atoms with E-state index in [2.05, 4.69) is 44.1 Å². The number of amides is 1.